The molecular formula is C15H13Cl2FN2O. The summed E-state index contributed by atoms with van der Waals surface area (Å²) in [7, 11) is 0. The standard InChI is InChI=1S/C15H13Cl2FN2O/c1-9-2-3-10(16)6-14(9)20-15(21)8-19-13-5-11(17)4-12(18)7-13/h2-7,19H,8H2,1H3,(H,20,21). The van der Waals surface area contributed by atoms with Crippen molar-refractivity contribution < 1.29 is 9.18 Å². The SMILES string of the molecule is Cc1ccc(Cl)cc1NC(=O)CNc1cc(F)cc(Cl)c1. The molecular weight excluding hydrogens is 314 g/mol. The number of hydrogen-bond acceptors (Lipinski definition) is 2. The molecule has 0 spiro atoms. The van der Waals surface area contributed by atoms with Gasteiger partial charge in [0.15, 0.2) is 0 Å². The van der Waals surface area contributed by atoms with E-state index in [2.05, 4.69) is 10.6 Å². The van der Waals surface area contributed by atoms with Crippen molar-refractivity contribution in [1.82, 2.24) is 0 Å². The van der Waals surface area contributed by atoms with Gasteiger partial charge in [-0.05, 0) is 42.8 Å². The molecule has 0 unspecified atom stereocenters. The minimum absolute atomic E-state index is 0.00820. The fourth-order valence-corrected chi connectivity index (χ4v) is 2.16. The number of carbonyl (C=O) groups excluding carboxylic acids is 1. The first-order valence-corrected chi connectivity index (χ1v) is 6.95. The van der Waals surface area contributed by atoms with Crippen LogP contribution in [0.5, 0.6) is 0 Å². The van der Waals surface area contributed by atoms with Gasteiger partial charge in [0.2, 0.25) is 5.91 Å². The van der Waals surface area contributed by atoms with E-state index in [1.54, 1.807) is 18.2 Å². The number of nitrogens with one attached hydrogen (secondary N) is 2. The van der Waals surface area contributed by atoms with Gasteiger partial charge in [-0.25, -0.2) is 4.39 Å². The van der Waals surface area contributed by atoms with Gasteiger partial charge < -0.3 is 10.6 Å². The van der Waals surface area contributed by atoms with Crippen molar-refractivity contribution >= 4 is 40.5 Å². The monoisotopic (exact) mass is 326 g/mol. The summed E-state index contributed by atoms with van der Waals surface area (Å²) >= 11 is 11.6. The molecule has 0 aliphatic rings. The van der Waals surface area contributed by atoms with Crippen LogP contribution < -0.4 is 10.6 Å². The lowest BCUT2D eigenvalue weighted by molar-refractivity contribution is -0.114. The maximum atomic E-state index is 13.2. The fraction of sp³-hybridized carbons (Fsp3) is 0.133. The molecule has 110 valence electrons. The molecule has 0 aliphatic carbocycles. The van der Waals surface area contributed by atoms with Gasteiger partial charge in [0.05, 0.1) is 6.54 Å². The maximum Gasteiger partial charge on any atom is 0.243 e. The molecule has 1 amide bonds. The molecule has 0 heterocycles. The zero-order valence-electron chi connectivity index (χ0n) is 11.2. The van der Waals surface area contributed by atoms with Crippen LogP contribution in [0.3, 0.4) is 0 Å². The lowest BCUT2D eigenvalue weighted by atomic mass is 10.2. The Bertz CT molecular complexity index is 656. The summed E-state index contributed by atoms with van der Waals surface area (Å²) in [6.07, 6.45) is 0. The van der Waals surface area contributed by atoms with Crippen molar-refractivity contribution in [1.29, 1.82) is 0 Å². The summed E-state index contributed by atoms with van der Waals surface area (Å²) < 4.78 is 13.2. The van der Waals surface area contributed by atoms with Crippen LogP contribution >= 0.6 is 23.2 Å². The quantitative estimate of drug-likeness (QED) is 0.869. The van der Waals surface area contributed by atoms with Gasteiger partial charge in [0, 0.05) is 21.4 Å². The van der Waals surface area contributed by atoms with Crippen LogP contribution in [0, 0.1) is 12.7 Å². The van der Waals surface area contributed by atoms with Gasteiger partial charge in [-0.1, -0.05) is 29.3 Å². The van der Waals surface area contributed by atoms with E-state index in [0.29, 0.717) is 16.4 Å². The predicted molar refractivity (Wildman–Crippen MR) is 84.7 cm³/mol. The normalized spacial score (nSPS) is 10.3. The Morgan fingerprint density at radius 2 is 1.90 bits per heavy atom. The van der Waals surface area contributed by atoms with Crippen LogP contribution in [0.1, 0.15) is 5.56 Å². The number of rotatable bonds is 4. The van der Waals surface area contributed by atoms with E-state index in [1.807, 2.05) is 13.0 Å². The van der Waals surface area contributed by atoms with Crippen molar-refractivity contribution in [2.45, 2.75) is 6.92 Å². The number of carbonyl (C=O) groups is 1. The third-order valence-corrected chi connectivity index (χ3v) is 3.24. The highest BCUT2D eigenvalue weighted by molar-refractivity contribution is 6.31. The van der Waals surface area contributed by atoms with Crippen LogP contribution in [0.15, 0.2) is 36.4 Å². The summed E-state index contributed by atoms with van der Waals surface area (Å²) in [5.74, 6) is -0.725. The molecule has 0 saturated heterocycles. The second kappa shape index (κ2) is 6.78. The van der Waals surface area contributed by atoms with Gasteiger partial charge in [0.25, 0.3) is 0 Å². The average molecular weight is 327 g/mol. The molecule has 2 aromatic rings. The van der Waals surface area contributed by atoms with Crippen LogP contribution in [-0.4, -0.2) is 12.5 Å². The Morgan fingerprint density at radius 3 is 2.62 bits per heavy atom. The number of halogens is 3. The van der Waals surface area contributed by atoms with E-state index in [4.69, 9.17) is 23.2 Å². The van der Waals surface area contributed by atoms with Crippen molar-refractivity contribution in [3.63, 3.8) is 0 Å². The van der Waals surface area contributed by atoms with E-state index in [9.17, 15) is 9.18 Å². The van der Waals surface area contributed by atoms with Crippen molar-refractivity contribution in [3.8, 4) is 0 Å². The number of aryl methyl sites for hydroxylation is 1. The Labute approximate surface area is 132 Å². The Morgan fingerprint density at radius 1 is 1.14 bits per heavy atom. The smallest absolute Gasteiger partial charge is 0.243 e. The first kappa shape index (κ1) is 15.6. The molecule has 0 radical (unpaired) electrons. The Hall–Kier alpha value is -1.78. The topological polar surface area (TPSA) is 41.1 Å². The molecule has 0 aromatic heterocycles. The first-order valence-electron chi connectivity index (χ1n) is 6.20. The molecule has 0 atom stereocenters. The lowest BCUT2D eigenvalue weighted by Gasteiger charge is -2.10. The molecule has 3 nitrogen and oxygen atoms in total. The van der Waals surface area contributed by atoms with Crippen molar-refractivity contribution in [2.75, 3.05) is 17.2 Å². The van der Waals surface area contributed by atoms with Gasteiger partial charge >= 0.3 is 0 Å². The molecule has 2 aromatic carbocycles. The van der Waals surface area contributed by atoms with Crippen LogP contribution in [0.2, 0.25) is 10.0 Å². The largest absolute Gasteiger partial charge is 0.376 e. The minimum Gasteiger partial charge on any atom is -0.376 e. The van der Waals surface area contributed by atoms with Crippen LogP contribution in [0.4, 0.5) is 15.8 Å². The van der Waals surface area contributed by atoms with E-state index < -0.39 is 5.82 Å². The van der Waals surface area contributed by atoms with Gasteiger partial charge in [-0.15, -0.1) is 0 Å². The highest BCUT2D eigenvalue weighted by atomic mass is 35.5. The Balaban J connectivity index is 1.97. The molecule has 6 heteroatoms. The Kier molecular flexibility index (Phi) is 5.04. The minimum atomic E-state index is -0.462. The number of hydrogen-bond donors (Lipinski definition) is 2. The fourth-order valence-electron chi connectivity index (χ4n) is 1.76. The zero-order chi connectivity index (χ0) is 15.4. The number of benzene rings is 2. The average Bonchev–Trinajstić information content (AvgIpc) is 2.40. The van der Waals surface area contributed by atoms with E-state index in [1.165, 1.54) is 12.1 Å². The van der Waals surface area contributed by atoms with Crippen LogP contribution in [-0.2, 0) is 4.79 Å². The van der Waals surface area contributed by atoms with Gasteiger partial charge in [-0.2, -0.15) is 0 Å². The summed E-state index contributed by atoms with van der Waals surface area (Å²) in [6.45, 7) is 1.86. The molecule has 0 aliphatic heterocycles. The molecule has 0 saturated carbocycles. The van der Waals surface area contributed by atoms with Crippen molar-refractivity contribution in [3.05, 3.63) is 57.8 Å². The second-order valence-corrected chi connectivity index (χ2v) is 5.39. The third-order valence-electron chi connectivity index (χ3n) is 2.79. The first-order chi connectivity index (χ1) is 9.94. The zero-order valence-corrected chi connectivity index (χ0v) is 12.7. The highest BCUT2D eigenvalue weighted by Crippen LogP contribution is 2.20. The van der Waals surface area contributed by atoms with Gasteiger partial charge in [-0.3, -0.25) is 4.79 Å². The highest BCUT2D eigenvalue weighted by Gasteiger charge is 2.06. The number of anilines is 2. The van der Waals surface area contributed by atoms with E-state index >= 15 is 0 Å². The summed E-state index contributed by atoms with van der Waals surface area (Å²) in [6, 6.07) is 9.25. The molecule has 2 N–H and O–H groups in total. The maximum absolute atomic E-state index is 13.2. The van der Waals surface area contributed by atoms with Gasteiger partial charge in [0.1, 0.15) is 5.82 Å². The van der Waals surface area contributed by atoms with E-state index in [0.717, 1.165) is 5.56 Å². The summed E-state index contributed by atoms with van der Waals surface area (Å²) in [4.78, 5) is 11.9. The summed E-state index contributed by atoms with van der Waals surface area (Å²) in [5.41, 5.74) is 1.99. The molecule has 21 heavy (non-hydrogen) atoms. The molecule has 0 bridgehead atoms. The molecule has 2 rings (SSSR count). The summed E-state index contributed by atoms with van der Waals surface area (Å²) in [5, 5.41) is 6.36. The number of amides is 1. The van der Waals surface area contributed by atoms with Crippen LogP contribution in [0.25, 0.3) is 0 Å². The van der Waals surface area contributed by atoms with E-state index in [-0.39, 0.29) is 17.5 Å². The van der Waals surface area contributed by atoms with Crippen molar-refractivity contribution in [2.24, 2.45) is 0 Å². The molecule has 0 fully saturated rings. The lowest BCUT2D eigenvalue weighted by Crippen LogP contribution is -2.22. The predicted octanol–water partition coefficient (Wildman–Crippen LogP) is 4.49. The third kappa shape index (κ3) is 4.62. The second-order valence-electron chi connectivity index (χ2n) is 4.52.